The Morgan fingerprint density at radius 2 is 0.979 bits per heavy atom. The van der Waals surface area contributed by atoms with Gasteiger partial charge in [0.05, 0.1) is 11.0 Å². The summed E-state index contributed by atoms with van der Waals surface area (Å²) in [6.07, 6.45) is 0. The van der Waals surface area contributed by atoms with E-state index in [9.17, 15) is 0 Å². The first-order chi connectivity index (χ1) is 23.3. The lowest BCUT2D eigenvalue weighted by Gasteiger charge is -2.26. The third-order valence-corrected chi connectivity index (χ3v) is 9.54. The van der Waals surface area contributed by atoms with Crippen molar-refractivity contribution in [3.63, 3.8) is 0 Å². The maximum Gasteiger partial charge on any atom is 0.143 e. The number of para-hydroxylation sites is 4. The van der Waals surface area contributed by atoms with Crippen molar-refractivity contribution in [3.8, 4) is 5.69 Å². The molecule has 10 rings (SSSR count). The molecular formula is C44H28N2O. The molecule has 0 unspecified atom stereocenters. The topological polar surface area (TPSA) is 21.3 Å². The molecule has 8 aromatic carbocycles. The minimum atomic E-state index is 0.920. The lowest BCUT2D eigenvalue weighted by molar-refractivity contribution is 0.673. The summed E-state index contributed by atoms with van der Waals surface area (Å²) in [4.78, 5) is 2.33. The standard InChI is InChI=1S/C44H28N2O/c1-2-10-31(11-3-1)45(32-21-23-33(24-22-32)46-40-15-7-4-12-36(40)37-13-5-8-16-41(37)46)34-25-27-35-30(28-34)19-18-29-20-26-39-38-14-6-9-17-42(38)47-44(39)43(29)35/h1-28H. The van der Waals surface area contributed by atoms with Gasteiger partial charge >= 0.3 is 0 Å². The zero-order valence-corrected chi connectivity index (χ0v) is 25.5. The van der Waals surface area contributed by atoms with Gasteiger partial charge in [-0.3, -0.25) is 0 Å². The van der Waals surface area contributed by atoms with Crippen LogP contribution in [0.2, 0.25) is 0 Å². The van der Waals surface area contributed by atoms with Gasteiger partial charge in [-0.15, -0.1) is 0 Å². The average molecular weight is 601 g/mol. The monoisotopic (exact) mass is 600 g/mol. The van der Waals surface area contributed by atoms with E-state index in [1.165, 1.54) is 38.0 Å². The van der Waals surface area contributed by atoms with Crippen LogP contribution in [-0.4, -0.2) is 4.57 Å². The van der Waals surface area contributed by atoms with E-state index in [-0.39, 0.29) is 0 Å². The molecule has 0 aliphatic carbocycles. The van der Waals surface area contributed by atoms with Crippen LogP contribution in [0.5, 0.6) is 0 Å². The molecule has 0 atom stereocenters. The summed E-state index contributed by atoms with van der Waals surface area (Å²) in [6.45, 7) is 0. The fourth-order valence-electron chi connectivity index (χ4n) is 7.43. The van der Waals surface area contributed by atoms with Gasteiger partial charge in [0.25, 0.3) is 0 Å². The van der Waals surface area contributed by atoms with Crippen molar-refractivity contribution in [2.45, 2.75) is 0 Å². The van der Waals surface area contributed by atoms with E-state index >= 15 is 0 Å². The van der Waals surface area contributed by atoms with Crippen molar-refractivity contribution in [3.05, 3.63) is 170 Å². The number of fused-ring (bicyclic) bond motifs is 10. The van der Waals surface area contributed by atoms with Crippen LogP contribution in [0, 0.1) is 0 Å². The van der Waals surface area contributed by atoms with Gasteiger partial charge in [0.1, 0.15) is 11.2 Å². The minimum absolute atomic E-state index is 0.920. The maximum atomic E-state index is 6.47. The number of rotatable bonds is 4. The highest BCUT2D eigenvalue weighted by Crippen LogP contribution is 2.41. The smallest absolute Gasteiger partial charge is 0.143 e. The second-order valence-electron chi connectivity index (χ2n) is 12.2. The maximum absolute atomic E-state index is 6.47. The van der Waals surface area contributed by atoms with Crippen molar-refractivity contribution < 1.29 is 4.42 Å². The molecule has 0 aliphatic heterocycles. The van der Waals surface area contributed by atoms with Gasteiger partial charge in [-0.1, -0.05) is 97.1 Å². The molecule has 2 heterocycles. The molecule has 0 saturated carbocycles. The molecule has 3 nitrogen and oxygen atoms in total. The Labute approximate surface area is 271 Å². The molecule has 0 radical (unpaired) electrons. The Kier molecular flexibility index (Phi) is 5.57. The van der Waals surface area contributed by atoms with Crippen LogP contribution in [-0.2, 0) is 0 Å². The van der Waals surface area contributed by atoms with Crippen LogP contribution in [0.25, 0.3) is 71.0 Å². The molecule has 2 aromatic heterocycles. The molecule has 47 heavy (non-hydrogen) atoms. The first kappa shape index (κ1) is 26.0. The summed E-state index contributed by atoms with van der Waals surface area (Å²) in [6, 6.07) is 60.7. The molecule has 0 bridgehead atoms. The highest BCUT2D eigenvalue weighted by atomic mass is 16.3. The molecule has 0 aliphatic rings. The molecule has 0 spiro atoms. The van der Waals surface area contributed by atoms with Crippen LogP contribution in [0.1, 0.15) is 0 Å². The Balaban J connectivity index is 1.13. The van der Waals surface area contributed by atoms with Gasteiger partial charge in [-0.25, -0.2) is 0 Å². The highest BCUT2D eigenvalue weighted by Gasteiger charge is 2.17. The molecule has 0 N–H and O–H groups in total. The van der Waals surface area contributed by atoms with Crippen molar-refractivity contribution in [2.75, 3.05) is 4.90 Å². The summed E-state index contributed by atoms with van der Waals surface area (Å²) >= 11 is 0. The minimum Gasteiger partial charge on any atom is -0.455 e. The van der Waals surface area contributed by atoms with Gasteiger partial charge in [-0.2, -0.15) is 0 Å². The zero-order chi connectivity index (χ0) is 30.9. The van der Waals surface area contributed by atoms with E-state index in [1.54, 1.807) is 0 Å². The number of benzene rings is 8. The van der Waals surface area contributed by atoms with E-state index in [0.717, 1.165) is 50.1 Å². The highest BCUT2D eigenvalue weighted by molar-refractivity contribution is 6.23. The van der Waals surface area contributed by atoms with E-state index in [0.29, 0.717) is 0 Å². The molecule has 220 valence electrons. The molecule has 0 fully saturated rings. The third kappa shape index (κ3) is 3.93. The predicted octanol–water partition coefficient (Wildman–Crippen LogP) is 12.5. The van der Waals surface area contributed by atoms with Crippen LogP contribution < -0.4 is 4.90 Å². The van der Waals surface area contributed by atoms with Crippen LogP contribution >= 0.6 is 0 Å². The SMILES string of the molecule is c1ccc(N(c2ccc(-n3c4ccccc4c4ccccc43)cc2)c2ccc3c(ccc4ccc5c6ccccc6oc5c43)c2)cc1. The van der Waals surface area contributed by atoms with Gasteiger partial charge in [0.2, 0.25) is 0 Å². The van der Waals surface area contributed by atoms with E-state index in [2.05, 4.69) is 173 Å². The number of nitrogens with zero attached hydrogens (tertiary/aromatic N) is 2. The van der Waals surface area contributed by atoms with Gasteiger partial charge in [0.15, 0.2) is 0 Å². The molecule has 0 amide bonds. The Hall–Kier alpha value is -6.32. The number of furan rings is 1. The summed E-state index contributed by atoms with van der Waals surface area (Å²) in [5.41, 5.74) is 8.73. The molecule has 0 saturated heterocycles. The summed E-state index contributed by atoms with van der Waals surface area (Å²) < 4.78 is 8.84. The second-order valence-corrected chi connectivity index (χ2v) is 12.2. The van der Waals surface area contributed by atoms with Crippen molar-refractivity contribution in [1.82, 2.24) is 4.57 Å². The Morgan fingerprint density at radius 3 is 1.74 bits per heavy atom. The van der Waals surface area contributed by atoms with Gasteiger partial charge in [-0.05, 0) is 89.0 Å². The largest absolute Gasteiger partial charge is 0.455 e. The van der Waals surface area contributed by atoms with E-state index < -0.39 is 0 Å². The second kappa shape index (κ2) is 10.1. The van der Waals surface area contributed by atoms with Crippen LogP contribution in [0.15, 0.2) is 174 Å². The van der Waals surface area contributed by atoms with Crippen molar-refractivity contribution >= 4 is 82.4 Å². The lowest BCUT2D eigenvalue weighted by Crippen LogP contribution is -2.10. The van der Waals surface area contributed by atoms with E-state index in [4.69, 9.17) is 4.42 Å². The Bertz CT molecular complexity index is 2740. The number of hydrogen-bond acceptors (Lipinski definition) is 2. The fraction of sp³-hybridized carbons (Fsp3) is 0. The normalized spacial score (nSPS) is 11.8. The molecular weight excluding hydrogens is 572 g/mol. The number of hydrogen-bond donors (Lipinski definition) is 0. The summed E-state index contributed by atoms with van der Waals surface area (Å²) in [7, 11) is 0. The predicted molar refractivity (Wildman–Crippen MR) is 198 cm³/mol. The van der Waals surface area contributed by atoms with Gasteiger partial charge in [0, 0.05) is 49.7 Å². The lowest BCUT2D eigenvalue weighted by atomic mass is 9.98. The van der Waals surface area contributed by atoms with Crippen molar-refractivity contribution in [1.29, 1.82) is 0 Å². The first-order valence-electron chi connectivity index (χ1n) is 16.0. The van der Waals surface area contributed by atoms with Crippen molar-refractivity contribution in [2.24, 2.45) is 0 Å². The number of aromatic nitrogens is 1. The summed E-state index contributed by atoms with van der Waals surface area (Å²) in [5.74, 6) is 0. The van der Waals surface area contributed by atoms with E-state index in [1.807, 2.05) is 6.07 Å². The van der Waals surface area contributed by atoms with Gasteiger partial charge < -0.3 is 13.9 Å². The molecule has 10 aromatic rings. The zero-order valence-electron chi connectivity index (χ0n) is 25.5. The van der Waals surface area contributed by atoms with Crippen LogP contribution in [0.4, 0.5) is 17.1 Å². The number of anilines is 3. The third-order valence-electron chi connectivity index (χ3n) is 9.54. The first-order valence-corrected chi connectivity index (χ1v) is 16.0. The van der Waals surface area contributed by atoms with Crippen LogP contribution in [0.3, 0.4) is 0 Å². The average Bonchev–Trinajstić information content (AvgIpc) is 3.68. The fourth-order valence-corrected chi connectivity index (χ4v) is 7.43. The Morgan fingerprint density at radius 1 is 0.404 bits per heavy atom. The summed E-state index contributed by atoms with van der Waals surface area (Å²) in [5, 5.41) is 9.53. The quantitative estimate of drug-likeness (QED) is 0.187. The molecule has 3 heteroatoms.